The smallest absolute Gasteiger partial charge is 0.315 e. The second kappa shape index (κ2) is 4.69. The van der Waals surface area contributed by atoms with Crippen molar-refractivity contribution in [2.24, 2.45) is 0 Å². The van der Waals surface area contributed by atoms with Gasteiger partial charge in [-0.25, -0.2) is 0 Å². The number of aromatic hydroxyl groups is 1. The maximum absolute atomic E-state index is 9.56. The summed E-state index contributed by atoms with van der Waals surface area (Å²) in [4.78, 5) is 0. The molecule has 2 rings (SSSR count). The summed E-state index contributed by atoms with van der Waals surface area (Å²) in [6, 6.07) is 5.61. The number of anilines is 1. The summed E-state index contributed by atoms with van der Waals surface area (Å²) in [5.74, 6) is 0.601. The molecule has 0 saturated carbocycles. The summed E-state index contributed by atoms with van der Waals surface area (Å²) < 4.78 is 6.14. The predicted octanol–water partition coefficient (Wildman–Crippen LogP) is 2.48. The average Bonchev–Trinajstić information content (AvgIpc) is 2.71. The van der Waals surface area contributed by atoms with E-state index in [1.54, 1.807) is 12.1 Å². The molecule has 1 heterocycles. The van der Waals surface area contributed by atoms with Gasteiger partial charge in [-0.05, 0) is 47.7 Å². The normalized spacial score (nSPS) is 10.4. The molecule has 1 aromatic carbocycles. The van der Waals surface area contributed by atoms with Crippen LogP contribution in [0.3, 0.4) is 0 Å². The number of hydrogen-bond donors (Lipinski definition) is 2. The number of phenols is 1. The molecule has 1 aromatic heterocycles. The summed E-state index contributed by atoms with van der Waals surface area (Å²) in [6.07, 6.45) is 0. The molecule has 16 heavy (non-hydrogen) atoms. The monoisotopic (exact) mass is 331 g/mol. The van der Waals surface area contributed by atoms with Crippen molar-refractivity contribution < 1.29 is 9.52 Å². The maximum atomic E-state index is 9.56. The molecule has 0 aliphatic rings. The Bertz CT molecular complexity index is 499. The molecule has 0 unspecified atom stereocenters. The van der Waals surface area contributed by atoms with E-state index in [-0.39, 0.29) is 5.75 Å². The predicted molar refractivity (Wildman–Crippen MR) is 68.3 cm³/mol. The van der Waals surface area contributed by atoms with E-state index in [2.05, 4.69) is 15.5 Å². The van der Waals surface area contributed by atoms with Crippen molar-refractivity contribution in [1.82, 2.24) is 10.2 Å². The van der Waals surface area contributed by atoms with Crippen molar-refractivity contribution >= 4 is 28.6 Å². The third-order valence-corrected chi connectivity index (χ3v) is 2.86. The van der Waals surface area contributed by atoms with Crippen molar-refractivity contribution in [1.29, 1.82) is 0 Å². The fraction of sp³-hybridized carbons (Fsp3) is 0.200. The summed E-state index contributed by atoms with van der Waals surface area (Å²) in [7, 11) is 0. The Balaban J connectivity index is 2.31. The molecular formula is C10H10IN3O2. The van der Waals surface area contributed by atoms with Crippen LogP contribution in [-0.2, 0) is 0 Å². The van der Waals surface area contributed by atoms with Gasteiger partial charge in [0, 0.05) is 12.1 Å². The van der Waals surface area contributed by atoms with E-state index in [4.69, 9.17) is 4.42 Å². The van der Waals surface area contributed by atoms with Crippen molar-refractivity contribution in [2.75, 3.05) is 11.9 Å². The SMILES string of the molecule is CCNc1nnc(-c2ccc(I)c(O)c2)o1. The second-order valence-corrected chi connectivity index (χ2v) is 4.27. The van der Waals surface area contributed by atoms with E-state index in [0.717, 1.165) is 10.1 Å². The molecule has 2 aromatic rings. The Hall–Kier alpha value is -1.31. The molecule has 0 aliphatic carbocycles. The number of rotatable bonds is 3. The number of hydrogen-bond acceptors (Lipinski definition) is 5. The zero-order chi connectivity index (χ0) is 11.5. The van der Waals surface area contributed by atoms with Gasteiger partial charge in [-0.15, -0.1) is 5.10 Å². The molecule has 0 aliphatic heterocycles. The Morgan fingerprint density at radius 2 is 2.25 bits per heavy atom. The largest absolute Gasteiger partial charge is 0.507 e. The fourth-order valence-corrected chi connectivity index (χ4v) is 1.54. The van der Waals surface area contributed by atoms with Crippen LogP contribution in [0.1, 0.15) is 6.92 Å². The molecule has 0 radical (unpaired) electrons. The van der Waals surface area contributed by atoms with Gasteiger partial charge in [0.2, 0.25) is 5.89 Å². The standard InChI is InChI=1S/C10H10IN3O2/c1-2-12-10-14-13-9(16-10)6-3-4-7(11)8(15)5-6/h3-5,15H,2H2,1H3,(H,12,14). The second-order valence-electron chi connectivity index (χ2n) is 3.11. The van der Waals surface area contributed by atoms with Gasteiger partial charge in [-0.2, -0.15) is 0 Å². The Labute approximate surface area is 106 Å². The number of halogens is 1. The van der Waals surface area contributed by atoms with Crippen molar-refractivity contribution in [2.45, 2.75) is 6.92 Å². The van der Waals surface area contributed by atoms with Crippen LogP contribution in [0.5, 0.6) is 5.75 Å². The van der Waals surface area contributed by atoms with E-state index in [1.807, 2.05) is 35.6 Å². The Kier molecular flexibility index (Phi) is 3.28. The summed E-state index contributed by atoms with van der Waals surface area (Å²) in [6.45, 7) is 2.67. The molecule has 0 atom stereocenters. The van der Waals surface area contributed by atoms with Crippen LogP contribution in [0.15, 0.2) is 22.6 Å². The summed E-state index contributed by atoms with van der Waals surface area (Å²) in [5.41, 5.74) is 0.703. The number of aromatic nitrogens is 2. The fourth-order valence-electron chi connectivity index (χ4n) is 1.21. The van der Waals surface area contributed by atoms with Crippen LogP contribution in [0.2, 0.25) is 0 Å². The first-order valence-corrected chi connectivity index (χ1v) is 5.85. The molecule has 2 N–H and O–H groups in total. The first-order valence-electron chi connectivity index (χ1n) is 4.77. The third-order valence-electron chi connectivity index (χ3n) is 1.95. The van der Waals surface area contributed by atoms with Gasteiger partial charge in [0.05, 0.1) is 3.57 Å². The molecule has 0 saturated heterocycles. The van der Waals surface area contributed by atoms with E-state index in [1.165, 1.54) is 0 Å². The first-order chi connectivity index (χ1) is 7.70. The van der Waals surface area contributed by atoms with Gasteiger partial charge < -0.3 is 14.8 Å². The lowest BCUT2D eigenvalue weighted by atomic mass is 10.2. The number of benzene rings is 1. The Morgan fingerprint density at radius 3 is 2.94 bits per heavy atom. The number of phenolic OH excluding ortho intramolecular Hbond substituents is 1. The van der Waals surface area contributed by atoms with Crippen LogP contribution in [0.4, 0.5) is 6.01 Å². The lowest BCUT2D eigenvalue weighted by Gasteiger charge is -1.98. The lowest BCUT2D eigenvalue weighted by Crippen LogP contribution is -1.95. The highest BCUT2D eigenvalue weighted by Crippen LogP contribution is 2.27. The number of nitrogens with one attached hydrogen (secondary N) is 1. The van der Waals surface area contributed by atoms with Crippen molar-refractivity contribution in [3.63, 3.8) is 0 Å². The lowest BCUT2D eigenvalue weighted by molar-refractivity contribution is 0.471. The highest BCUT2D eigenvalue weighted by atomic mass is 127. The third kappa shape index (κ3) is 2.26. The van der Waals surface area contributed by atoms with Crippen LogP contribution in [0, 0.1) is 3.57 Å². The van der Waals surface area contributed by atoms with Gasteiger partial charge >= 0.3 is 6.01 Å². The molecule has 0 amide bonds. The first kappa shape index (κ1) is 11.2. The minimum Gasteiger partial charge on any atom is -0.507 e. The molecule has 5 nitrogen and oxygen atoms in total. The quantitative estimate of drug-likeness (QED) is 0.846. The minimum atomic E-state index is 0.210. The molecule has 6 heteroatoms. The molecule has 0 fully saturated rings. The van der Waals surface area contributed by atoms with Gasteiger partial charge in [0.15, 0.2) is 0 Å². The summed E-state index contributed by atoms with van der Waals surface area (Å²) >= 11 is 2.05. The Morgan fingerprint density at radius 1 is 1.44 bits per heavy atom. The van der Waals surface area contributed by atoms with Crippen molar-refractivity contribution in [3.8, 4) is 17.2 Å². The van der Waals surface area contributed by atoms with Gasteiger partial charge in [0.25, 0.3) is 0 Å². The molecule has 0 spiro atoms. The highest BCUT2D eigenvalue weighted by Gasteiger charge is 2.09. The van der Waals surface area contributed by atoms with Crippen LogP contribution in [-0.4, -0.2) is 21.8 Å². The molecule has 84 valence electrons. The zero-order valence-corrected chi connectivity index (χ0v) is 10.7. The zero-order valence-electron chi connectivity index (χ0n) is 8.57. The van der Waals surface area contributed by atoms with E-state index in [9.17, 15) is 5.11 Å². The van der Waals surface area contributed by atoms with E-state index >= 15 is 0 Å². The minimum absolute atomic E-state index is 0.210. The highest BCUT2D eigenvalue weighted by molar-refractivity contribution is 14.1. The van der Waals surface area contributed by atoms with Crippen molar-refractivity contribution in [3.05, 3.63) is 21.8 Å². The summed E-state index contributed by atoms with van der Waals surface area (Å²) in [5, 5.41) is 20.2. The van der Waals surface area contributed by atoms with E-state index < -0.39 is 0 Å². The average molecular weight is 331 g/mol. The van der Waals surface area contributed by atoms with Crippen LogP contribution >= 0.6 is 22.6 Å². The van der Waals surface area contributed by atoms with Gasteiger partial charge in [0.1, 0.15) is 5.75 Å². The maximum Gasteiger partial charge on any atom is 0.315 e. The molecule has 0 bridgehead atoms. The molecular weight excluding hydrogens is 321 g/mol. The topological polar surface area (TPSA) is 71.2 Å². The van der Waals surface area contributed by atoms with Gasteiger partial charge in [-0.1, -0.05) is 5.10 Å². The van der Waals surface area contributed by atoms with Gasteiger partial charge in [-0.3, -0.25) is 0 Å². The van der Waals surface area contributed by atoms with E-state index in [0.29, 0.717) is 17.5 Å². The number of nitrogens with zero attached hydrogens (tertiary/aromatic N) is 2. The van der Waals surface area contributed by atoms with Crippen LogP contribution in [0.25, 0.3) is 11.5 Å². The van der Waals surface area contributed by atoms with Crippen LogP contribution < -0.4 is 5.32 Å².